The molecule has 2 heterocycles. The third-order valence-corrected chi connectivity index (χ3v) is 6.84. The van der Waals surface area contributed by atoms with Crippen LogP contribution in [0.5, 0.6) is 0 Å². The molecule has 0 aliphatic carbocycles. The number of nitrogens with zero attached hydrogens (tertiary/aromatic N) is 4. The molecule has 216 valence electrons. The van der Waals surface area contributed by atoms with Crippen molar-refractivity contribution in [3.63, 3.8) is 0 Å². The average molecular weight is 586 g/mol. The minimum atomic E-state index is -0.367. The molecule has 0 saturated heterocycles. The molecule has 0 bridgehead atoms. The predicted octanol–water partition coefficient (Wildman–Crippen LogP) is 5.34. The van der Waals surface area contributed by atoms with E-state index in [1.54, 1.807) is 23.6 Å². The summed E-state index contributed by atoms with van der Waals surface area (Å²) in [5.74, 6) is 0.770. The van der Waals surface area contributed by atoms with E-state index >= 15 is 0 Å². The quantitative estimate of drug-likeness (QED) is 0.215. The lowest BCUT2D eigenvalue weighted by molar-refractivity contribution is 0.0600. The molecular weight excluding hydrogens is 554 g/mol. The number of methoxy groups -OCH3 is 1. The van der Waals surface area contributed by atoms with Gasteiger partial charge in [0.1, 0.15) is 16.7 Å². The Balaban J connectivity index is 0.000000343. The molecule has 5 rings (SSSR count). The molecule has 10 nitrogen and oxygen atoms in total. The van der Waals surface area contributed by atoms with E-state index < -0.39 is 0 Å². The number of aryl methyl sites for hydroxylation is 2. The number of esters is 1. The maximum atomic E-state index is 13.6. The number of nitrogens with one attached hydrogen (secondary N) is 1. The minimum absolute atomic E-state index is 0.0891. The summed E-state index contributed by atoms with van der Waals surface area (Å²) in [4.78, 5) is 37.5. The van der Waals surface area contributed by atoms with Crippen LogP contribution in [0.1, 0.15) is 40.8 Å². The second-order valence-electron chi connectivity index (χ2n) is 9.36. The van der Waals surface area contributed by atoms with Crippen molar-refractivity contribution in [3.05, 3.63) is 111 Å². The van der Waals surface area contributed by atoms with Gasteiger partial charge in [0.05, 0.1) is 35.0 Å². The molecule has 0 amide bonds. The van der Waals surface area contributed by atoms with Crippen LogP contribution in [0.2, 0.25) is 5.02 Å². The molecule has 0 spiro atoms. The average Bonchev–Trinajstić information content (AvgIpc) is 2.99. The number of hydrogen-bond acceptors (Lipinski definition) is 9. The lowest BCUT2D eigenvalue weighted by Crippen LogP contribution is -2.24. The van der Waals surface area contributed by atoms with Crippen LogP contribution < -0.4 is 22.3 Å². The molecule has 0 unspecified atom stereocenters. The number of carbonyl (C=O) groups is 1. The monoisotopic (exact) mass is 585 g/mol. The fourth-order valence-corrected chi connectivity index (χ4v) is 4.42. The van der Waals surface area contributed by atoms with Crippen LogP contribution in [0.25, 0.3) is 16.6 Å². The van der Waals surface area contributed by atoms with Crippen molar-refractivity contribution in [1.82, 2.24) is 19.5 Å². The van der Waals surface area contributed by atoms with Gasteiger partial charge in [-0.3, -0.25) is 9.36 Å². The van der Waals surface area contributed by atoms with Crippen LogP contribution in [0.15, 0.2) is 77.6 Å². The zero-order valence-electron chi connectivity index (χ0n) is 23.6. The van der Waals surface area contributed by atoms with Crippen LogP contribution in [0.4, 0.5) is 17.5 Å². The summed E-state index contributed by atoms with van der Waals surface area (Å²) in [6, 6.07) is 22.5. The van der Waals surface area contributed by atoms with Gasteiger partial charge < -0.3 is 21.5 Å². The molecule has 5 aromatic rings. The smallest absolute Gasteiger partial charge is 0.337 e. The highest BCUT2D eigenvalue weighted by atomic mass is 35.5. The molecule has 0 atom stereocenters. The first-order chi connectivity index (χ1) is 20.2. The van der Waals surface area contributed by atoms with Crippen LogP contribution in [0.3, 0.4) is 0 Å². The maximum Gasteiger partial charge on any atom is 0.337 e. The number of para-hydroxylation sites is 1. The van der Waals surface area contributed by atoms with E-state index in [1.165, 1.54) is 7.11 Å². The number of carbonyl (C=O) groups excluding carboxylic acids is 1. The Bertz CT molecular complexity index is 1730. The van der Waals surface area contributed by atoms with Gasteiger partial charge in [0.25, 0.3) is 5.56 Å². The third-order valence-electron chi connectivity index (χ3n) is 6.37. The number of benzene rings is 3. The summed E-state index contributed by atoms with van der Waals surface area (Å²) in [5.41, 5.74) is 14.8. The van der Waals surface area contributed by atoms with Crippen molar-refractivity contribution in [2.24, 2.45) is 0 Å². The van der Waals surface area contributed by atoms with E-state index in [0.29, 0.717) is 40.1 Å². The van der Waals surface area contributed by atoms with Gasteiger partial charge in [0.15, 0.2) is 0 Å². The van der Waals surface area contributed by atoms with E-state index in [-0.39, 0.29) is 23.3 Å². The molecule has 5 N–H and O–H groups in total. The van der Waals surface area contributed by atoms with Crippen molar-refractivity contribution >= 4 is 45.9 Å². The predicted molar refractivity (Wildman–Crippen MR) is 167 cm³/mol. The van der Waals surface area contributed by atoms with Crippen LogP contribution in [-0.4, -0.2) is 32.6 Å². The number of hydrogen-bond donors (Lipinski definition) is 3. The number of anilines is 3. The van der Waals surface area contributed by atoms with Gasteiger partial charge in [-0.05, 0) is 55.3 Å². The number of nitrogen functional groups attached to an aromatic ring is 2. The SMILES string of the molecule is CCCc1nc2cccc(NCc3ccc(C(=O)OC)cc3)c2c(=O)n1-c1ccccc1.Cc1nc(N)nc(N)c1Cl. The van der Waals surface area contributed by atoms with Crippen LogP contribution in [-0.2, 0) is 17.7 Å². The van der Waals surface area contributed by atoms with E-state index in [2.05, 4.69) is 22.2 Å². The zero-order chi connectivity index (χ0) is 30.2. The van der Waals surface area contributed by atoms with E-state index in [0.717, 1.165) is 29.2 Å². The Kier molecular flexibility index (Phi) is 9.72. The Hall–Kier alpha value is -4.96. The Labute approximate surface area is 248 Å². The van der Waals surface area contributed by atoms with Gasteiger partial charge in [0.2, 0.25) is 5.95 Å². The first-order valence-corrected chi connectivity index (χ1v) is 13.7. The van der Waals surface area contributed by atoms with Gasteiger partial charge >= 0.3 is 5.97 Å². The number of fused-ring (bicyclic) bond motifs is 1. The van der Waals surface area contributed by atoms with Crippen molar-refractivity contribution in [3.8, 4) is 5.69 Å². The Morgan fingerprint density at radius 2 is 1.69 bits per heavy atom. The van der Waals surface area contributed by atoms with E-state index in [1.807, 2.05) is 60.7 Å². The second-order valence-corrected chi connectivity index (χ2v) is 9.74. The first-order valence-electron chi connectivity index (χ1n) is 13.3. The summed E-state index contributed by atoms with van der Waals surface area (Å²) in [5, 5.41) is 4.30. The molecule has 0 saturated carbocycles. The van der Waals surface area contributed by atoms with Gasteiger partial charge in [0, 0.05) is 18.7 Å². The standard InChI is InChI=1S/C26H25N3O3.C5H7ClN4/c1-3-8-23-28-22-12-7-11-21(24(22)25(30)29(23)20-9-5-4-6-10-20)27-17-18-13-15-19(16-14-18)26(31)32-2;1-2-3(6)4(7)10-5(8)9-2/h4-7,9-16,27H,3,8,17H2,1-2H3;1H3,(H4,7,8,9,10). The number of rotatable bonds is 7. The minimum Gasteiger partial charge on any atom is -0.465 e. The third kappa shape index (κ3) is 6.84. The molecule has 3 aromatic carbocycles. The number of nitrogens with two attached hydrogens (primary N) is 2. The molecular formula is C31H32ClN7O3. The lowest BCUT2D eigenvalue weighted by atomic mass is 10.1. The number of aromatic nitrogens is 4. The molecule has 2 aromatic heterocycles. The number of halogens is 1. The second kappa shape index (κ2) is 13.6. The number of ether oxygens (including phenoxy) is 1. The molecule has 42 heavy (non-hydrogen) atoms. The molecule has 0 radical (unpaired) electrons. The van der Waals surface area contributed by atoms with E-state index in [4.69, 9.17) is 32.8 Å². The highest BCUT2D eigenvalue weighted by molar-refractivity contribution is 6.33. The fourth-order valence-electron chi connectivity index (χ4n) is 4.34. The topological polar surface area (TPSA) is 151 Å². The summed E-state index contributed by atoms with van der Waals surface area (Å²) in [6.07, 6.45) is 1.61. The summed E-state index contributed by atoms with van der Waals surface area (Å²) < 4.78 is 6.45. The van der Waals surface area contributed by atoms with Gasteiger partial charge in [-0.15, -0.1) is 0 Å². The molecule has 0 fully saturated rings. The van der Waals surface area contributed by atoms with Gasteiger partial charge in [-0.2, -0.15) is 4.98 Å². The van der Waals surface area contributed by atoms with Crippen molar-refractivity contribution < 1.29 is 9.53 Å². The Morgan fingerprint density at radius 3 is 2.33 bits per heavy atom. The van der Waals surface area contributed by atoms with Crippen molar-refractivity contribution in [1.29, 1.82) is 0 Å². The highest BCUT2D eigenvalue weighted by Crippen LogP contribution is 2.22. The zero-order valence-corrected chi connectivity index (χ0v) is 24.4. The molecule has 0 aliphatic rings. The van der Waals surface area contributed by atoms with Gasteiger partial charge in [-0.25, -0.2) is 14.8 Å². The summed E-state index contributed by atoms with van der Waals surface area (Å²) in [7, 11) is 1.36. The maximum absolute atomic E-state index is 13.6. The first kappa shape index (κ1) is 30.0. The highest BCUT2D eigenvalue weighted by Gasteiger charge is 2.15. The van der Waals surface area contributed by atoms with Crippen LogP contribution >= 0.6 is 11.6 Å². The van der Waals surface area contributed by atoms with E-state index in [9.17, 15) is 9.59 Å². The molecule has 11 heteroatoms. The van der Waals surface area contributed by atoms with Crippen molar-refractivity contribution in [2.45, 2.75) is 33.2 Å². The lowest BCUT2D eigenvalue weighted by Gasteiger charge is -2.15. The van der Waals surface area contributed by atoms with Crippen molar-refractivity contribution in [2.75, 3.05) is 23.9 Å². The summed E-state index contributed by atoms with van der Waals surface area (Å²) in [6.45, 7) is 4.30. The van der Waals surface area contributed by atoms with Crippen LogP contribution in [0, 0.1) is 6.92 Å². The summed E-state index contributed by atoms with van der Waals surface area (Å²) >= 11 is 5.64. The van der Waals surface area contributed by atoms with Gasteiger partial charge in [-0.1, -0.05) is 54.9 Å². The Morgan fingerprint density at radius 1 is 0.976 bits per heavy atom. The fraction of sp³-hybridized carbons (Fsp3) is 0.194. The molecule has 0 aliphatic heterocycles. The largest absolute Gasteiger partial charge is 0.465 e. The normalized spacial score (nSPS) is 10.6.